The molecule has 1 aromatic carbocycles. The standard InChI is InChI=1S/C8H8N6O/c1-15-7-4-2-3-6(5-7)8(11-13-9)12-14-10/h2-5,8H,1H3. The Morgan fingerprint density at radius 1 is 1.27 bits per heavy atom. The fourth-order valence-corrected chi connectivity index (χ4v) is 1.06. The Morgan fingerprint density at radius 3 is 2.47 bits per heavy atom. The van der Waals surface area contributed by atoms with E-state index < -0.39 is 6.17 Å². The minimum Gasteiger partial charge on any atom is -0.497 e. The third kappa shape index (κ3) is 2.80. The number of azide groups is 1. The molecule has 7 heteroatoms. The zero-order valence-electron chi connectivity index (χ0n) is 7.98. The molecule has 0 aliphatic heterocycles. The topological polar surface area (TPSA) is 107 Å². The van der Waals surface area contributed by atoms with Gasteiger partial charge >= 0.3 is 0 Å². The van der Waals surface area contributed by atoms with Crippen LogP contribution in [0, 0.1) is 0 Å². The summed E-state index contributed by atoms with van der Waals surface area (Å²) in [5, 5.41) is 6.73. The number of rotatable bonds is 4. The Bertz CT molecular complexity index is 415. The molecule has 0 aliphatic rings. The van der Waals surface area contributed by atoms with E-state index in [2.05, 4.69) is 20.1 Å². The van der Waals surface area contributed by atoms with Crippen LogP contribution in [-0.4, -0.2) is 7.11 Å². The fraction of sp³-hybridized carbons (Fsp3) is 0.250. The van der Waals surface area contributed by atoms with Crippen LogP contribution in [0.15, 0.2) is 34.5 Å². The van der Waals surface area contributed by atoms with Crippen LogP contribution < -0.4 is 4.74 Å². The zero-order chi connectivity index (χ0) is 11.1. The fourth-order valence-electron chi connectivity index (χ4n) is 1.06. The van der Waals surface area contributed by atoms with Crippen molar-refractivity contribution in [3.8, 4) is 5.75 Å². The molecule has 0 radical (unpaired) electrons. The highest BCUT2D eigenvalue weighted by Crippen LogP contribution is 2.23. The van der Waals surface area contributed by atoms with Crippen molar-refractivity contribution < 1.29 is 4.74 Å². The molecule has 0 aromatic heterocycles. The van der Waals surface area contributed by atoms with Crippen molar-refractivity contribution in [2.45, 2.75) is 6.17 Å². The molecule has 0 fully saturated rings. The van der Waals surface area contributed by atoms with Gasteiger partial charge in [-0.25, -0.2) is 0 Å². The predicted octanol–water partition coefficient (Wildman–Crippen LogP) is 3.31. The van der Waals surface area contributed by atoms with Crippen LogP contribution in [0.4, 0.5) is 0 Å². The number of ether oxygens (including phenoxy) is 1. The smallest absolute Gasteiger partial charge is 0.141 e. The van der Waals surface area contributed by atoms with Crippen LogP contribution in [0.2, 0.25) is 0 Å². The molecular weight excluding hydrogens is 196 g/mol. The monoisotopic (exact) mass is 204 g/mol. The van der Waals surface area contributed by atoms with Crippen molar-refractivity contribution in [2.24, 2.45) is 10.2 Å². The van der Waals surface area contributed by atoms with Gasteiger partial charge in [0.15, 0.2) is 0 Å². The van der Waals surface area contributed by atoms with Crippen molar-refractivity contribution >= 4 is 0 Å². The quantitative estimate of drug-likeness (QED) is 0.418. The van der Waals surface area contributed by atoms with Gasteiger partial charge in [0, 0.05) is 9.82 Å². The summed E-state index contributed by atoms with van der Waals surface area (Å²) in [5.41, 5.74) is 17.2. The molecule has 0 amide bonds. The van der Waals surface area contributed by atoms with Crippen LogP contribution in [0.3, 0.4) is 0 Å². The molecule has 0 unspecified atom stereocenters. The van der Waals surface area contributed by atoms with E-state index >= 15 is 0 Å². The van der Waals surface area contributed by atoms with Gasteiger partial charge in [-0.15, -0.1) is 0 Å². The molecule has 7 nitrogen and oxygen atoms in total. The first-order valence-corrected chi connectivity index (χ1v) is 4.04. The van der Waals surface area contributed by atoms with Gasteiger partial charge < -0.3 is 4.74 Å². The van der Waals surface area contributed by atoms with Crippen LogP contribution in [0.25, 0.3) is 20.9 Å². The van der Waals surface area contributed by atoms with Crippen molar-refractivity contribution in [1.82, 2.24) is 0 Å². The largest absolute Gasteiger partial charge is 0.497 e. The summed E-state index contributed by atoms with van der Waals surface area (Å²) in [5.74, 6) is 0.610. The normalized spacial score (nSPS) is 10.7. The van der Waals surface area contributed by atoms with Crippen molar-refractivity contribution in [1.29, 1.82) is 0 Å². The van der Waals surface area contributed by atoms with Crippen LogP contribution >= 0.6 is 0 Å². The molecule has 0 spiro atoms. The van der Waals surface area contributed by atoms with Gasteiger partial charge in [-0.05, 0) is 28.8 Å². The van der Waals surface area contributed by atoms with E-state index in [0.717, 1.165) is 0 Å². The summed E-state index contributed by atoms with van der Waals surface area (Å²) in [4.78, 5) is 5.21. The Labute approximate surface area is 85.5 Å². The lowest BCUT2D eigenvalue weighted by atomic mass is 10.2. The second-order valence-corrected chi connectivity index (χ2v) is 2.56. The molecule has 0 atom stereocenters. The first-order valence-electron chi connectivity index (χ1n) is 4.04. The summed E-state index contributed by atoms with van der Waals surface area (Å²) in [7, 11) is 1.52. The van der Waals surface area contributed by atoms with Crippen LogP contribution in [-0.2, 0) is 0 Å². The van der Waals surface area contributed by atoms with E-state index in [-0.39, 0.29) is 0 Å². The number of hydrogen-bond donors (Lipinski definition) is 0. The lowest BCUT2D eigenvalue weighted by molar-refractivity contribution is 0.414. The maximum Gasteiger partial charge on any atom is 0.141 e. The molecule has 0 bridgehead atoms. The molecule has 0 saturated heterocycles. The Kier molecular flexibility index (Phi) is 3.85. The maximum absolute atomic E-state index is 8.29. The molecule has 0 aliphatic carbocycles. The summed E-state index contributed by atoms with van der Waals surface area (Å²) in [6.07, 6.45) is -0.880. The van der Waals surface area contributed by atoms with Crippen molar-refractivity contribution in [3.63, 3.8) is 0 Å². The highest BCUT2D eigenvalue weighted by Gasteiger charge is 2.07. The molecule has 0 saturated carbocycles. The lowest BCUT2D eigenvalue weighted by Crippen LogP contribution is -1.90. The number of hydrogen-bond acceptors (Lipinski definition) is 3. The third-order valence-electron chi connectivity index (χ3n) is 1.71. The molecule has 0 N–H and O–H groups in total. The highest BCUT2D eigenvalue weighted by atomic mass is 16.5. The summed E-state index contributed by atoms with van der Waals surface area (Å²) in [6, 6.07) is 6.80. The van der Waals surface area contributed by atoms with E-state index in [0.29, 0.717) is 11.3 Å². The number of nitrogens with zero attached hydrogens (tertiary/aromatic N) is 6. The number of methoxy groups -OCH3 is 1. The SMILES string of the molecule is COc1cccc(C(N=[N+]=[N-])N=[N+]=[N-])c1. The molecule has 1 aromatic rings. The summed E-state index contributed by atoms with van der Waals surface area (Å²) in [6.45, 7) is 0. The van der Waals surface area contributed by atoms with Gasteiger partial charge in [-0.1, -0.05) is 22.4 Å². The minimum absolute atomic E-state index is 0.588. The average Bonchev–Trinajstić information content (AvgIpc) is 2.29. The number of benzene rings is 1. The van der Waals surface area contributed by atoms with Crippen molar-refractivity contribution in [2.75, 3.05) is 7.11 Å². The van der Waals surface area contributed by atoms with Gasteiger partial charge in [0.25, 0.3) is 0 Å². The van der Waals surface area contributed by atoms with E-state index in [1.807, 2.05) is 0 Å². The Balaban J connectivity index is 3.09. The van der Waals surface area contributed by atoms with E-state index in [1.54, 1.807) is 24.3 Å². The average molecular weight is 204 g/mol. The first kappa shape index (κ1) is 10.7. The third-order valence-corrected chi connectivity index (χ3v) is 1.71. The maximum atomic E-state index is 8.29. The van der Waals surface area contributed by atoms with E-state index in [1.165, 1.54) is 7.11 Å². The minimum atomic E-state index is -0.880. The lowest BCUT2D eigenvalue weighted by Gasteiger charge is -2.06. The van der Waals surface area contributed by atoms with Gasteiger partial charge in [0.1, 0.15) is 11.9 Å². The molecule has 1 rings (SSSR count). The summed E-state index contributed by atoms with van der Waals surface area (Å²) >= 11 is 0. The Hall–Kier alpha value is -2.36. The molecule has 15 heavy (non-hydrogen) atoms. The van der Waals surface area contributed by atoms with E-state index in [9.17, 15) is 0 Å². The van der Waals surface area contributed by atoms with Gasteiger partial charge in [0.05, 0.1) is 7.11 Å². The Morgan fingerprint density at radius 2 is 1.93 bits per heavy atom. The molecular formula is C8H8N6O. The van der Waals surface area contributed by atoms with Crippen molar-refractivity contribution in [3.05, 3.63) is 50.7 Å². The van der Waals surface area contributed by atoms with Gasteiger partial charge in [-0.3, -0.25) is 0 Å². The first-order chi connectivity index (χ1) is 7.31. The second kappa shape index (κ2) is 5.39. The molecule has 76 valence electrons. The van der Waals surface area contributed by atoms with Gasteiger partial charge in [-0.2, -0.15) is 0 Å². The highest BCUT2D eigenvalue weighted by molar-refractivity contribution is 5.30. The zero-order valence-corrected chi connectivity index (χ0v) is 7.98. The van der Waals surface area contributed by atoms with Crippen LogP contribution in [0.1, 0.15) is 11.7 Å². The van der Waals surface area contributed by atoms with E-state index in [4.69, 9.17) is 15.8 Å². The predicted molar refractivity (Wildman–Crippen MR) is 54.0 cm³/mol. The summed E-state index contributed by atoms with van der Waals surface area (Å²) < 4.78 is 4.99. The second-order valence-electron chi connectivity index (χ2n) is 2.56. The van der Waals surface area contributed by atoms with Crippen LogP contribution in [0.5, 0.6) is 5.75 Å². The van der Waals surface area contributed by atoms with Gasteiger partial charge in [0.2, 0.25) is 0 Å². The molecule has 0 heterocycles.